The quantitative estimate of drug-likeness (QED) is 0.129. The number of ketones is 1. The summed E-state index contributed by atoms with van der Waals surface area (Å²) in [5, 5.41) is 11.6. The standard InChI is InChI=1S/C29H28N2O8S/c1-7-13-39-28(35)26-16(3)30-29(40-26)31-22(19-9-8-10-20(37-5)25(19)38-6)21(24(33)27(31)34)23(32)18-12-11-17(36-4)14-15(18)2/h7-12,14,22,32H,1,13H2,2-6H3/b23-21+. The number of carbonyl (C=O) groups is 3. The summed E-state index contributed by atoms with van der Waals surface area (Å²) in [6.45, 7) is 6.89. The monoisotopic (exact) mass is 564 g/mol. The number of rotatable bonds is 9. The van der Waals surface area contributed by atoms with E-state index < -0.39 is 23.7 Å². The third-order valence-electron chi connectivity index (χ3n) is 6.37. The summed E-state index contributed by atoms with van der Waals surface area (Å²) in [4.78, 5) is 45.6. The van der Waals surface area contributed by atoms with E-state index in [1.807, 2.05) is 0 Å². The van der Waals surface area contributed by atoms with E-state index in [2.05, 4.69) is 11.6 Å². The first-order valence-corrected chi connectivity index (χ1v) is 12.9. The first-order valence-electron chi connectivity index (χ1n) is 12.1. The van der Waals surface area contributed by atoms with Crippen LogP contribution in [-0.2, 0) is 14.3 Å². The molecule has 2 heterocycles. The number of hydrogen-bond donors (Lipinski definition) is 1. The van der Waals surface area contributed by atoms with Gasteiger partial charge in [0.1, 0.15) is 29.0 Å². The second-order valence-electron chi connectivity index (χ2n) is 8.73. The number of hydrogen-bond acceptors (Lipinski definition) is 10. The van der Waals surface area contributed by atoms with Gasteiger partial charge in [0, 0.05) is 11.1 Å². The van der Waals surface area contributed by atoms with Gasteiger partial charge in [0.05, 0.1) is 32.6 Å². The zero-order chi connectivity index (χ0) is 29.1. The van der Waals surface area contributed by atoms with E-state index in [0.29, 0.717) is 33.9 Å². The van der Waals surface area contributed by atoms with Gasteiger partial charge in [-0.05, 0) is 43.7 Å². The average molecular weight is 565 g/mol. The molecule has 1 amide bonds. The molecule has 208 valence electrons. The molecule has 2 aromatic carbocycles. The number of aliphatic hydroxyl groups excluding tert-OH is 1. The van der Waals surface area contributed by atoms with Gasteiger partial charge in [-0.2, -0.15) is 0 Å². The van der Waals surface area contributed by atoms with Gasteiger partial charge in [-0.3, -0.25) is 14.5 Å². The highest BCUT2D eigenvalue weighted by atomic mass is 32.1. The molecule has 0 radical (unpaired) electrons. The van der Waals surface area contributed by atoms with Crippen LogP contribution in [0.1, 0.15) is 38.1 Å². The number of methoxy groups -OCH3 is 3. The molecular weight excluding hydrogens is 536 g/mol. The number of esters is 1. The molecule has 1 aliphatic rings. The number of amides is 1. The average Bonchev–Trinajstić information content (AvgIpc) is 3.46. The van der Waals surface area contributed by atoms with Crippen LogP contribution < -0.4 is 19.1 Å². The molecule has 11 heteroatoms. The van der Waals surface area contributed by atoms with Gasteiger partial charge < -0.3 is 24.1 Å². The number of ether oxygens (including phenoxy) is 4. The van der Waals surface area contributed by atoms with Gasteiger partial charge in [0.15, 0.2) is 16.6 Å². The number of aliphatic hydroxyl groups is 1. The Hall–Kier alpha value is -4.64. The maximum absolute atomic E-state index is 13.6. The molecule has 10 nitrogen and oxygen atoms in total. The van der Waals surface area contributed by atoms with Gasteiger partial charge in [0.2, 0.25) is 0 Å². The van der Waals surface area contributed by atoms with Crippen LogP contribution in [0, 0.1) is 13.8 Å². The molecule has 40 heavy (non-hydrogen) atoms. The van der Waals surface area contributed by atoms with Crippen LogP contribution in [0.25, 0.3) is 5.76 Å². The van der Waals surface area contributed by atoms with Crippen molar-refractivity contribution in [3.63, 3.8) is 0 Å². The Balaban J connectivity index is 1.98. The zero-order valence-electron chi connectivity index (χ0n) is 22.6. The van der Waals surface area contributed by atoms with Crippen molar-refractivity contribution < 1.29 is 38.4 Å². The highest BCUT2D eigenvalue weighted by Crippen LogP contribution is 2.48. The first-order chi connectivity index (χ1) is 19.2. The van der Waals surface area contributed by atoms with E-state index in [-0.39, 0.29) is 33.7 Å². The largest absolute Gasteiger partial charge is 0.507 e. The van der Waals surface area contributed by atoms with Crippen LogP contribution in [0.2, 0.25) is 0 Å². The van der Waals surface area contributed by atoms with Crippen molar-refractivity contribution in [3.05, 3.63) is 81.9 Å². The second-order valence-corrected chi connectivity index (χ2v) is 9.71. The molecule has 1 saturated heterocycles. The predicted octanol–water partition coefficient (Wildman–Crippen LogP) is 4.75. The van der Waals surface area contributed by atoms with Crippen molar-refractivity contribution in [2.24, 2.45) is 0 Å². The van der Waals surface area contributed by atoms with Crippen LogP contribution in [-0.4, -0.2) is 55.7 Å². The van der Waals surface area contributed by atoms with E-state index in [9.17, 15) is 19.5 Å². The molecular formula is C29H28N2O8S. The summed E-state index contributed by atoms with van der Waals surface area (Å²) in [7, 11) is 4.42. The second kappa shape index (κ2) is 11.6. The number of para-hydroxylation sites is 1. The lowest BCUT2D eigenvalue weighted by Crippen LogP contribution is -2.29. The summed E-state index contributed by atoms with van der Waals surface area (Å²) in [6.07, 6.45) is 1.43. The molecule has 1 atom stereocenters. The Kier molecular flexibility index (Phi) is 8.24. The number of aryl methyl sites for hydroxylation is 2. The van der Waals surface area contributed by atoms with Crippen LogP contribution in [0.4, 0.5) is 5.13 Å². The topological polar surface area (TPSA) is 124 Å². The van der Waals surface area contributed by atoms with E-state index in [1.54, 1.807) is 50.2 Å². The fourth-order valence-corrected chi connectivity index (χ4v) is 5.49. The van der Waals surface area contributed by atoms with Crippen LogP contribution in [0.5, 0.6) is 17.2 Å². The van der Waals surface area contributed by atoms with Crippen molar-refractivity contribution in [3.8, 4) is 17.2 Å². The lowest BCUT2D eigenvalue weighted by atomic mass is 9.93. The number of carbonyl (C=O) groups excluding carboxylic acids is 3. The van der Waals surface area contributed by atoms with E-state index in [4.69, 9.17) is 18.9 Å². The minimum absolute atomic E-state index is 0.00174. The number of thiazole rings is 1. The summed E-state index contributed by atoms with van der Waals surface area (Å²) < 4.78 is 21.5. The normalized spacial score (nSPS) is 16.1. The lowest BCUT2D eigenvalue weighted by molar-refractivity contribution is -0.132. The molecule has 0 spiro atoms. The van der Waals surface area contributed by atoms with Gasteiger partial charge in [0.25, 0.3) is 5.78 Å². The van der Waals surface area contributed by atoms with E-state index >= 15 is 0 Å². The Bertz CT molecular complexity index is 1540. The van der Waals surface area contributed by atoms with E-state index in [0.717, 1.165) is 16.2 Å². The minimum atomic E-state index is -1.16. The molecule has 0 saturated carbocycles. The maximum Gasteiger partial charge on any atom is 0.350 e. The number of anilines is 1. The predicted molar refractivity (Wildman–Crippen MR) is 149 cm³/mol. The molecule has 1 aliphatic heterocycles. The van der Waals surface area contributed by atoms with E-state index in [1.165, 1.54) is 27.4 Å². The Morgan fingerprint density at radius 3 is 2.50 bits per heavy atom. The number of benzene rings is 2. The third kappa shape index (κ3) is 4.91. The van der Waals surface area contributed by atoms with Crippen LogP contribution in [0.15, 0.2) is 54.6 Å². The van der Waals surface area contributed by atoms with Crippen molar-refractivity contribution >= 4 is 39.9 Å². The summed E-state index contributed by atoms with van der Waals surface area (Å²) in [5.41, 5.74) is 1.48. The van der Waals surface area contributed by atoms with Crippen LogP contribution >= 0.6 is 11.3 Å². The maximum atomic E-state index is 13.6. The van der Waals surface area contributed by atoms with Crippen LogP contribution in [0.3, 0.4) is 0 Å². The fraction of sp³-hybridized carbons (Fsp3) is 0.241. The molecule has 1 aromatic heterocycles. The fourth-order valence-electron chi connectivity index (χ4n) is 4.50. The molecule has 4 rings (SSSR count). The number of nitrogens with zero attached hydrogens (tertiary/aromatic N) is 2. The highest BCUT2D eigenvalue weighted by Gasteiger charge is 2.49. The zero-order valence-corrected chi connectivity index (χ0v) is 23.5. The lowest BCUT2D eigenvalue weighted by Gasteiger charge is -2.25. The van der Waals surface area contributed by atoms with Gasteiger partial charge in [-0.25, -0.2) is 9.78 Å². The molecule has 1 unspecified atom stereocenters. The molecule has 0 bridgehead atoms. The Morgan fingerprint density at radius 2 is 1.88 bits per heavy atom. The molecule has 0 aliphatic carbocycles. The van der Waals surface area contributed by atoms with Gasteiger partial charge in [-0.15, -0.1) is 0 Å². The third-order valence-corrected chi connectivity index (χ3v) is 7.51. The SMILES string of the molecule is C=CCOC(=O)c1sc(N2C(=O)C(=O)/C(=C(/O)c3ccc(OC)cc3C)C2c2cccc(OC)c2OC)nc1C. The Morgan fingerprint density at radius 1 is 1.12 bits per heavy atom. The van der Waals surface area contributed by atoms with Crippen molar-refractivity contribution in [1.29, 1.82) is 0 Å². The van der Waals surface area contributed by atoms with Crippen molar-refractivity contribution in [2.45, 2.75) is 19.9 Å². The van der Waals surface area contributed by atoms with Gasteiger partial charge in [-0.1, -0.05) is 36.1 Å². The van der Waals surface area contributed by atoms with Gasteiger partial charge >= 0.3 is 11.9 Å². The Labute approximate surface area is 235 Å². The summed E-state index contributed by atoms with van der Waals surface area (Å²) in [6, 6.07) is 8.82. The molecule has 1 fully saturated rings. The molecule has 3 aromatic rings. The number of Topliss-reactive ketones (excluding diaryl/α,β-unsaturated/α-hetero) is 1. The van der Waals surface area contributed by atoms with Crippen molar-refractivity contribution in [2.75, 3.05) is 32.8 Å². The smallest absolute Gasteiger partial charge is 0.350 e. The summed E-state index contributed by atoms with van der Waals surface area (Å²) >= 11 is 0.901. The first kappa shape index (κ1) is 28.4. The summed E-state index contributed by atoms with van der Waals surface area (Å²) in [5.74, 6) is -1.69. The minimum Gasteiger partial charge on any atom is -0.507 e. The number of aromatic nitrogens is 1. The van der Waals surface area contributed by atoms with Crippen molar-refractivity contribution in [1.82, 2.24) is 4.98 Å². The molecule has 1 N–H and O–H groups in total. The highest BCUT2D eigenvalue weighted by molar-refractivity contribution is 7.17.